The summed E-state index contributed by atoms with van der Waals surface area (Å²) in [5, 5.41) is 20.5. The second kappa shape index (κ2) is 37.6. The fraction of sp³-hybridized carbons (Fsp3) is 0.739. The van der Waals surface area contributed by atoms with Crippen molar-refractivity contribution in [1.29, 1.82) is 0 Å². The molecule has 336 valence electrons. The lowest BCUT2D eigenvalue weighted by Crippen LogP contribution is -2.37. The number of phosphoric acid groups is 1. The number of rotatable bonds is 39. The Morgan fingerprint density at radius 1 is 0.621 bits per heavy atom. The maximum atomic E-state index is 12.7. The molecule has 0 saturated carbocycles. The first kappa shape index (κ1) is 55.6. The van der Waals surface area contributed by atoms with Gasteiger partial charge in [-0.15, -0.1) is 0 Å². The summed E-state index contributed by atoms with van der Waals surface area (Å²) in [7, 11) is 1.36. The second-order valence-corrected chi connectivity index (χ2v) is 17.5. The Morgan fingerprint density at radius 3 is 1.78 bits per heavy atom. The quantitative estimate of drug-likeness (QED) is 0.0180. The van der Waals surface area contributed by atoms with E-state index in [4.69, 9.17) is 18.5 Å². The molecule has 1 unspecified atom stereocenters. The lowest BCUT2D eigenvalue weighted by Gasteiger charge is -2.24. The molecular formula is C46H83NO10P+. The van der Waals surface area contributed by atoms with Crippen LogP contribution in [0, 0.1) is 0 Å². The van der Waals surface area contributed by atoms with Crippen molar-refractivity contribution in [1.82, 2.24) is 0 Å². The number of carbonyl (C=O) groups is 2. The first-order valence-electron chi connectivity index (χ1n) is 22.2. The lowest BCUT2D eigenvalue weighted by molar-refractivity contribution is -0.870. The Kier molecular flexibility index (Phi) is 36.1. The minimum Gasteiger partial charge on any atom is -0.462 e. The van der Waals surface area contributed by atoms with Crippen molar-refractivity contribution in [3.8, 4) is 0 Å². The number of unbranched alkanes of at least 4 members (excludes halogenated alkanes) is 11. The van der Waals surface area contributed by atoms with Gasteiger partial charge in [-0.2, -0.15) is 0 Å². The SMILES string of the molecule is CC/C=C\C/C=C\C/C=C\C/C=C\CCCCCCC(=O)O[C@H](COC(=O)CCCCCCC[C@@H](O)[C@H](O)C/C=C\CCCCC)COP(=O)(O)OCC[N+](C)(C)C. The molecule has 0 aromatic heterocycles. The Labute approximate surface area is 352 Å². The molecule has 0 aliphatic heterocycles. The number of esters is 2. The van der Waals surface area contributed by atoms with Gasteiger partial charge in [-0.3, -0.25) is 18.6 Å². The average molecular weight is 841 g/mol. The maximum Gasteiger partial charge on any atom is 0.472 e. The molecule has 0 rings (SSSR count). The molecule has 3 N–H and O–H groups in total. The van der Waals surface area contributed by atoms with E-state index in [1.54, 1.807) is 0 Å². The Hall–Kier alpha value is -2.37. The van der Waals surface area contributed by atoms with Crippen LogP contribution in [-0.4, -0.2) is 97.3 Å². The molecule has 12 heteroatoms. The predicted octanol–water partition coefficient (Wildman–Crippen LogP) is 10.4. The molecule has 0 aromatic carbocycles. The molecule has 0 heterocycles. The topological polar surface area (TPSA) is 149 Å². The third-order valence-corrected chi connectivity index (χ3v) is 10.2. The number of ether oxygens (including phenoxy) is 2. The van der Waals surface area contributed by atoms with E-state index in [2.05, 4.69) is 68.5 Å². The van der Waals surface area contributed by atoms with Gasteiger partial charge < -0.3 is 29.1 Å². The molecule has 0 bridgehead atoms. The first-order chi connectivity index (χ1) is 27.8. The Bertz CT molecular complexity index is 1210. The third kappa shape index (κ3) is 39.1. The molecule has 0 aliphatic carbocycles. The van der Waals surface area contributed by atoms with Crippen LogP contribution in [0.25, 0.3) is 0 Å². The van der Waals surface area contributed by atoms with E-state index >= 15 is 0 Å². The molecule has 11 nitrogen and oxygen atoms in total. The highest BCUT2D eigenvalue weighted by Gasteiger charge is 2.27. The number of nitrogens with zero attached hydrogens (tertiary/aromatic N) is 1. The van der Waals surface area contributed by atoms with Gasteiger partial charge in [0, 0.05) is 12.8 Å². The molecule has 0 radical (unpaired) electrons. The number of allylic oxidation sites excluding steroid dienone is 9. The maximum absolute atomic E-state index is 12.7. The van der Waals surface area contributed by atoms with Crippen LogP contribution in [0.1, 0.15) is 155 Å². The summed E-state index contributed by atoms with van der Waals surface area (Å²) in [5.74, 6) is -0.944. The first-order valence-corrected chi connectivity index (χ1v) is 23.7. The van der Waals surface area contributed by atoms with Gasteiger partial charge in [-0.05, 0) is 77.0 Å². The van der Waals surface area contributed by atoms with Crippen LogP contribution >= 0.6 is 7.82 Å². The van der Waals surface area contributed by atoms with Gasteiger partial charge in [0.15, 0.2) is 6.10 Å². The van der Waals surface area contributed by atoms with E-state index in [-0.39, 0.29) is 26.1 Å². The average Bonchev–Trinajstić information content (AvgIpc) is 3.17. The van der Waals surface area contributed by atoms with Gasteiger partial charge in [0.1, 0.15) is 19.8 Å². The summed E-state index contributed by atoms with van der Waals surface area (Å²) >= 11 is 0. The fourth-order valence-electron chi connectivity index (χ4n) is 5.61. The largest absolute Gasteiger partial charge is 0.472 e. The number of aliphatic hydroxyl groups excluding tert-OH is 2. The van der Waals surface area contributed by atoms with Crippen LogP contribution in [0.5, 0.6) is 0 Å². The highest BCUT2D eigenvalue weighted by molar-refractivity contribution is 7.47. The highest BCUT2D eigenvalue weighted by atomic mass is 31.2. The zero-order valence-corrected chi connectivity index (χ0v) is 37.9. The smallest absolute Gasteiger partial charge is 0.462 e. The summed E-state index contributed by atoms with van der Waals surface area (Å²) < 4.78 is 34.2. The van der Waals surface area contributed by atoms with Gasteiger partial charge in [0.2, 0.25) is 0 Å². The number of hydrogen-bond acceptors (Lipinski definition) is 9. The van der Waals surface area contributed by atoms with Gasteiger partial charge in [0.05, 0.1) is 40.0 Å². The van der Waals surface area contributed by atoms with Crippen molar-refractivity contribution in [2.45, 2.75) is 173 Å². The molecule has 0 aliphatic rings. The van der Waals surface area contributed by atoms with Crippen molar-refractivity contribution in [3.05, 3.63) is 60.8 Å². The molecule has 0 fully saturated rings. The zero-order chi connectivity index (χ0) is 43.2. The molecule has 0 saturated heterocycles. The van der Waals surface area contributed by atoms with E-state index in [0.29, 0.717) is 36.7 Å². The van der Waals surface area contributed by atoms with Crippen molar-refractivity contribution in [3.63, 3.8) is 0 Å². The number of hydrogen-bond donors (Lipinski definition) is 3. The summed E-state index contributed by atoms with van der Waals surface area (Å²) in [4.78, 5) is 35.4. The monoisotopic (exact) mass is 841 g/mol. The molecule has 0 amide bonds. The standard InChI is InChI=1S/C46H82NO10P/c1-6-8-10-12-14-15-16-17-18-19-20-21-22-23-24-28-33-37-46(51)57-42(41-56-58(52,53)55-39-38-47(3,4)5)40-54-45(50)36-32-29-25-27-31-35-44(49)43(48)34-30-26-13-11-9-7-2/h8,10,14-15,17-18,20-21,26,30,42-44,48-49H,6-7,9,11-13,16,19,22-25,27-29,31-41H2,1-5H3/p+1/b10-8-,15-14-,18-17-,21-20-,30-26-/t42-,43-,44-/m1/s1. The van der Waals surface area contributed by atoms with E-state index in [1.807, 2.05) is 27.2 Å². The van der Waals surface area contributed by atoms with Gasteiger partial charge in [-0.25, -0.2) is 4.57 Å². The molecule has 0 spiro atoms. The van der Waals surface area contributed by atoms with E-state index in [1.165, 1.54) is 12.8 Å². The summed E-state index contributed by atoms with van der Waals surface area (Å²) in [6.07, 6.45) is 37.2. The van der Waals surface area contributed by atoms with Crippen LogP contribution in [0.4, 0.5) is 0 Å². The van der Waals surface area contributed by atoms with Crippen LogP contribution < -0.4 is 0 Å². The van der Waals surface area contributed by atoms with Gasteiger partial charge in [0.25, 0.3) is 0 Å². The normalized spacial score (nSPS) is 15.2. The Balaban J connectivity index is 4.53. The molecular weight excluding hydrogens is 757 g/mol. The number of aliphatic hydroxyl groups is 2. The molecule has 4 atom stereocenters. The second-order valence-electron chi connectivity index (χ2n) is 16.0. The van der Waals surface area contributed by atoms with Gasteiger partial charge >= 0.3 is 19.8 Å². The molecule has 58 heavy (non-hydrogen) atoms. The fourth-order valence-corrected chi connectivity index (χ4v) is 6.36. The number of phosphoric ester groups is 1. The van der Waals surface area contributed by atoms with Crippen molar-refractivity contribution < 1.29 is 52.3 Å². The Morgan fingerprint density at radius 2 is 1.16 bits per heavy atom. The number of carbonyl (C=O) groups excluding carboxylic acids is 2. The van der Waals surface area contributed by atoms with Crippen molar-refractivity contribution in [2.75, 3.05) is 47.5 Å². The van der Waals surface area contributed by atoms with Gasteiger partial charge in [-0.1, -0.05) is 126 Å². The molecule has 0 aromatic rings. The third-order valence-electron chi connectivity index (χ3n) is 9.23. The van der Waals surface area contributed by atoms with Crippen LogP contribution in [-0.2, 0) is 32.7 Å². The summed E-state index contributed by atoms with van der Waals surface area (Å²) in [6.45, 7) is 4.03. The summed E-state index contributed by atoms with van der Waals surface area (Å²) in [6, 6.07) is 0. The van der Waals surface area contributed by atoms with E-state index < -0.39 is 44.7 Å². The minimum atomic E-state index is -4.42. The highest BCUT2D eigenvalue weighted by Crippen LogP contribution is 2.43. The van der Waals surface area contributed by atoms with E-state index in [0.717, 1.165) is 89.9 Å². The number of likely N-dealkylation sites (N-methyl/N-ethyl adjacent to an activating group) is 1. The number of quaternary nitrogens is 1. The van der Waals surface area contributed by atoms with Crippen molar-refractivity contribution in [2.24, 2.45) is 0 Å². The van der Waals surface area contributed by atoms with Crippen LogP contribution in [0.15, 0.2) is 60.8 Å². The summed E-state index contributed by atoms with van der Waals surface area (Å²) in [5.41, 5.74) is 0. The van der Waals surface area contributed by atoms with Crippen molar-refractivity contribution >= 4 is 19.8 Å². The van der Waals surface area contributed by atoms with Crippen LogP contribution in [0.2, 0.25) is 0 Å². The minimum absolute atomic E-state index is 0.00160. The predicted molar refractivity (Wildman–Crippen MR) is 236 cm³/mol. The van der Waals surface area contributed by atoms with Crippen LogP contribution in [0.3, 0.4) is 0 Å². The van der Waals surface area contributed by atoms with E-state index in [9.17, 15) is 29.3 Å². The lowest BCUT2D eigenvalue weighted by atomic mass is 10.0. The zero-order valence-electron chi connectivity index (χ0n) is 37.0.